The Morgan fingerprint density at radius 2 is 2.06 bits per heavy atom. The lowest BCUT2D eigenvalue weighted by Crippen LogP contribution is -2.03. The summed E-state index contributed by atoms with van der Waals surface area (Å²) in [6.45, 7) is 4.37. The Hall–Kier alpha value is -2.10. The van der Waals surface area contributed by atoms with E-state index in [0.717, 1.165) is 16.9 Å². The van der Waals surface area contributed by atoms with E-state index in [9.17, 15) is 5.11 Å². The number of rotatable bonds is 3. The maximum Gasteiger partial charge on any atom is 0.138 e. The molecule has 0 aliphatic carbocycles. The summed E-state index contributed by atoms with van der Waals surface area (Å²) in [6.07, 6.45) is 3.55. The molecule has 0 spiro atoms. The SMILES string of the molecule is Cc1cncc(NCc2nc(C)ccc2O)c1. The predicted octanol–water partition coefficient (Wildman–Crippen LogP) is 2.41. The average Bonchev–Trinajstić information content (AvgIpc) is 2.30. The quantitative estimate of drug-likeness (QED) is 0.848. The van der Waals surface area contributed by atoms with E-state index in [2.05, 4.69) is 15.3 Å². The summed E-state index contributed by atoms with van der Waals surface area (Å²) >= 11 is 0. The highest BCUT2D eigenvalue weighted by atomic mass is 16.3. The summed E-state index contributed by atoms with van der Waals surface area (Å²) in [4.78, 5) is 8.37. The standard InChI is InChI=1S/C13H15N3O/c1-9-5-11(7-14-6-9)15-8-12-13(17)4-3-10(2)16-12/h3-7,15,17H,8H2,1-2H3. The van der Waals surface area contributed by atoms with Gasteiger partial charge in [0.25, 0.3) is 0 Å². The summed E-state index contributed by atoms with van der Waals surface area (Å²) in [5.41, 5.74) is 3.55. The topological polar surface area (TPSA) is 58.0 Å². The van der Waals surface area contributed by atoms with Gasteiger partial charge in [-0.05, 0) is 37.6 Å². The summed E-state index contributed by atoms with van der Waals surface area (Å²) < 4.78 is 0. The molecule has 0 radical (unpaired) electrons. The van der Waals surface area contributed by atoms with E-state index in [1.165, 1.54) is 0 Å². The van der Waals surface area contributed by atoms with Gasteiger partial charge in [-0.3, -0.25) is 9.97 Å². The maximum absolute atomic E-state index is 9.65. The van der Waals surface area contributed by atoms with Crippen LogP contribution >= 0.6 is 0 Å². The molecule has 0 aliphatic heterocycles. The molecule has 88 valence electrons. The van der Waals surface area contributed by atoms with Crippen LogP contribution in [0.15, 0.2) is 30.6 Å². The van der Waals surface area contributed by atoms with Crippen LogP contribution in [-0.4, -0.2) is 15.1 Å². The highest BCUT2D eigenvalue weighted by molar-refractivity contribution is 5.43. The van der Waals surface area contributed by atoms with E-state index in [0.29, 0.717) is 12.2 Å². The van der Waals surface area contributed by atoms with Gasteiger partial charge in [-0.15, -0.1) is 0 Å². The fourth-order valence-corrected chi connectivity index (χ4v) is 1.57. The van der Waals surface area contributed by atoms with Crippen LogP contribution in [0.5, 0.6) is 5.75 Å². The number of pyridine rings is 2. The van der Waals surface area contributed by atoms with E-state index in [-0.39, 0.29) is 5.75 Å². The number of nitrogens with zero attached hydrogens (tertiary/aromatic N) is 2. The second-order valence-electron chi connectivity index (χ2n) is 4.02. The molecule has 0 amide bonds. The van der Waals surface area contributed by atoms with Gasteiger partial charge in [0, 0.05) is 18.1 Å². The molecule has 0 unspecified atom stereocenters. The van der Waals surface area contributed by atoms with Crippen LogP contribution in [0, 0.1) is 13.8 Å². The molecule has 2 aromatic rings. The molecule has 0 atom stereocenters. The lowest BCUT2D eigenvalue weighted by molar-refractivity contribution is 0.464. The molecule has 2 aromatic heterocycles. The van der Waals surface area contributed by atoms with Crippen LogP contribution < -0.4 is 5.32 Å². The first-order valence-corrected chi connectivity index (χ1v) is 5.46. The van der Waals surface area contributed by atoms with Crippen LogP contribution in [0.1, 0.15) is 17.0 Å². The Bertz CT molecular complexity index is 526. The Labute approximate surface area is 100 Å². The van der Waals surface area contributed by atoms with Crippen LogP contribution in [0.25, 0.3) is 0 Å². The Balaban J connectivity index is 2.09. The zero-order chi connectivity index (χ0) is 12.3. The van der Waals surface area contributed by atoms with Crippen LogP contribution in [-0.2, 0) is 6.54 Å². The molecule has 17 heavy (non-hydrogen) atoms. The van der Waals surface area contributed by atoms with Crippen molar-refractivity contribution in [2.75, 3.05) is 5.32 Å². The number of aryl methyl sites for hydroxylation is 2. The van der Waals surface area contributed by atoms with Crippen molar-refractivity contribution in [3.05, 3.63) is 47.5 Å². The molecule has 0 saturated carbocycles. The first-order valence-electron chi connectivity index (χ1n) is 5.46. The van der Waals surface area contributed by atoms with Gasteiger partial charge in [0.05, 0.1) is 12.2 Å². The molecule has 0 aliphatic rings. The van der Waals surface area contributed by atoms with Gasteiger partial charge in [-0.25, -0.2) is 0 Å². The second-order valence-corrected chi connectivity index (χ2v) is 4.02. The first-order chi connectivity index (χ1) is 8.15. The fraction of sp³-hybridized carbons (Fsp3) is 0.231. The third-order valence-corrected chi connectivity index (χ3v) is 2.42. The van der Waals surface area contributed by atoms with Gasteiger partial charge in [0.1, 0.15) is 11.4 Å². The number of nitrogens with one attached hydrogen (secondary N) is 1. The minimum Gasteiger partial charge on any atom is -0.506 e. The first kappa shape index (κ1) is 11.4. The van der Waals surface area contributed by atoms with Crippen molar-refractivity contribution in [2.24, 2.45) is 0 Å². The molecular formula is C13H15N3O. The summed E-state index contributed by atoms with van der Waals surface area (Å²) in [5.74, 6) is 0.212. The van der Waals surface area contributed by atoms with Crippen LogP contribution in [0.2, 0.25) is 0 Å². The van der Waals surface area contributed by atoms with Crippen molar-refractivity contribution in [3.63, 3.8) is 0 Å². The molecule has 0 aromatic carbocycles. The summed E-state index contributed by atoms with van der Waals surface area (Å²) in [6, 6.07) is 5.45. The van der Waals surface area contributed by atoms with Crippen LogP contribution in [0.3, 0.4) is 0 Å². The molecular weight excluding hydrogens is 214 g/mol. The highest BCUT2D eigenvalue weighted by Crippen LogP contribution is 2.16. The van der Waals surface area contributed by atoms with E-state index in [1.807, 2.05) is 19.9 Å². The van der Waals surface area contributed by atoms with Gasteiger partial charge < -0.3 is 10.4 Å². The van der Waals surface area contributed by atoms with Crippen molar-refractivity contribution in [1.82, 2.24) is 9.97 Å². The van der Waals surface area contributed by atoms with Gasteiger partial charge in [-0.1, -0.05) is 0 Å². The molecule has 0 bridgehead atoms. The second kappa shape index (κ2) is 4.82. The third kappa shape index (κ3) is 2.93. The van der Waals surface area contributed by atoms with Crippen molar-refractivity contribution in [3.8, 4) is 5.75 Å². The maximum atomic E-state index is 9.65. The Kier molecular flexibility index (Phi) is 3.23. The van der Waals surface area contributed by atoms with Crippen molar-refractivity contribution < 1.29 is 5.11 Å². The third-order valence-electron chi connectivity index (χ3n) is 2.42. The monoisotopic (exact) mass is 229 g/mol. The number of aromatic nitrogens is 2. The van der Waals surface area contributed by atoms with E-state index >= 15 is 0 Å². The van der Waals surface area contributed by atoms with Crippen molar-refractivity contribution >= 4 is 5.69 Å². The minimum atomic E-state index is 0.212. The Morgan fingerprint density at radius 3 is 2.82 bits per heavy atom. The van der Waals surface area contributed by atoms with Gasteiger partial charge in [-0.2, -0.15) is 0 Å². The van der Waals surface area contributed by atoms with Crippen molar-refractivity contribution in [1.29, 1.82) is 0 Å². The lowest BCUT2D eigenvalue weighted by atomic mass is 10.2. The van der Waals surface area contributed by atoms with E-state index in [1.54, 1.807) is 24.5 Å². The van der Waals surface area contributed by atoms with Crippen molar-refractivity contribution in [2.45, 2.75) is 20.4 Å². The largest absolute Gasteiger partial charge is 0.506 e. The normalized spacial score (nSPS) is 10.2. The number of hydrogen-bond acceptors (Lipinski definition) is 4. The van der Waals surface area contributed by atoms with Gasteiger partial charge in [0.15, 0.2) is 0 Å². The van der Waals surface area contributed by atoms with E-state index < -0.39 is 0 Å². The fourth-order valence-electron chi connectivity index (χ4n) is 1.57. The molecule has 4 heteroatoms. The molecule has 0 fully saturated rings. The molecule has 0 saturated heterocycles. The average molecular weight is 229 g/mol. The minimum absolute atomic E-state index is 0.212. The number of anilines is 1. The summed E-state index contributed by atoms with van der Waals surface area (Å²) in [5, 5.41) is 12.8. The Morgan fingerprint density at radius 1 is 1.24 bits per heavy atom. The van der Waals surface area contributed by atoms with Crippen LogP contribution in [0.4, 0.5) is 5.69 Å². The van der Waals surface area contributed by atoms with Gasteiger partial charge in [0.2, 0.25) is 0 Å². The number of aromatic hydroxyl groups is 1. The predicted molar refractivity (Wildman–Crippen MR) is 66.9 cm³/mol. The molecule has 2 N–H and O–H groups in total. The molecule has 2 heterocycles. The molecule has 4 nitrogen and oxygen atoms in total. The molecule has 2 rings (SSSR count). The zero-order valence-electron chi connectivity index (χ0n) is 9.94. The smallest absolute Gasteiger partial charge is 0.138 e. The van der Waals surface area contributed by atoms with Gasteiger partial charge >= 0.3 is 0 Å². The zero-order valence-corrected chi connectivity index (χ0v) is 9.94. The highest BCUT2D eigenvalue weighted by Gasteiger charge is 2.03. The summed E-state index contributed by atoms with van der Waals surface area (Å²) in [7, 11) is 0. The van der Waals surface area contributed by atoms with E-state index in [4.69, 9.17) is 0 Å². The lowest BCUT2D eigenvalue weighted by Gasteiger charge is -2.08. The number of hydrogen-bond donors (Lipinski definition) is 2.